The van der Waals surface area contributed by atoms with E-state index in [1.807, 2.05) is 26.2 Å². The lowest BCUT2D eigenvalue weighted by atomic mass is 10.0. The highest BCUT2D eigenvalue weighted by atomic mass is 14.9. The van der Waals surface area contributed by atoms with Gasteiger partial charge >= 0.3 is 0 Å². The fourth-order valence-corrected chi connectivity index (χ4v) is 2.12. The average Bonchev–Trinajstić information content (AvgIpc) is 2.54. The van der Waals surface area contributed by atoms with Gasteiger partial charge in [0.2, 0.25) is 0 Å². The van der Waals surface area contributed by atoms with E-state index in [0.29, 0.717) is 0 Å². The lowest BCUT2D eigenvalue weighted by molar-refractivity contribution is 0.777. The number of unbranched alkanes of at least 4 members (excludes halogenated alkanes) is 2. The second-order valence-corrected chi connectivity index (χ2v) is 5.19. The molecule has 0 unspecified atom stereocenters. The molecule has 0 amide bonds. The van der Waals surface area contributed by atoms with Crippen molar-refractivity contribution in [3.8, 4) is 0 Å². The van der Waals surface area contributed by atoms with Gasteiger partial charge in [-0.15, -0.1) is 0 Å². The predicted octanol–water partition coefficient (Wildman–Crippen LogP) is 5.91. The Morgan fingerprint density at radius 1 is 1.00 bits per heavy atom. The predicted molar refractivity (Wildman–Crippen MR) is 93.6 cm³/mol. The minimum atomic E-state index is 0.919. The Balaban J connectivity index is 0.00000191. The Morgan fingerprint density at radius 3 is 2.19 bits per heavy atom. The maximum absolute atomic E-state index is 4.51. The molecule has 0 atom stereocenters. The molecule has 0 radical (unpaired) electrons. The molecule has 0 aliphatic carbocycles. The number of nitrogens with zero attached hydrogens (tertiary/aromatic N) is 2. The summed E-state index contributed by atoms with van der Waals surface area (Å²) in [6.07, 6.45) is 15.6. The lowest BCUT2D eigenvalue weighted by Gasteiger charge is -2.06. The highest BCUT2D eigenvalue weighted by molar-refractivity contribution is 5.12. The molecule has 1 rings (SSSR count). The minimum Gasteiger partial charge on any atom is -0.241 e. The first kappa shape index (κ1) is 19.8. The number of allylic oxidation sites excluding steroid dienone is 2. The highest BCUT2D eigenvalue weighted by Crippen LogP contribution is 2.12. The van der Waals surface area contributed by atoms with Crippen molar-refractivity contribution in [2.24, 2.45) is 0 Å². The van der Waals surface area contributed by atoms with Gasteiger partial charge in [-0.05, 0) is 31.2 Å². The molecule has 2 nitrogen and oxygen atoms in total. The molecule has 0 aromatic carbocycles. The SMILES string of the molecule is CC.CCC/C=C(\CCC)Cc1ncc(CCCC)cn1. The summed E-state index contributed by atoms with van der Waals surface area (Å²) in [5, 5.41) is 0. The zero-order valence-corrected chi connectivity index (χ0v) is 14.8. The lowest BCUT2D eigenvalue weighted by Crippen LogP contribution is -1.99. The standard InChI is InChI=1S/C17H28N2.C2H6/c1-4-7-10-15(9-6-3)12-17-18-13-16(14-19-17)11-8-5-2;1-2/h10,13-14H,4-9,11-12H2,1-3H3;1-2H3/b15-10+;. The van der Waals surface area contributed by atoms with E-state index in [-0.39, 0.29) is 0 Å². The van der Waals surface area contributed by atoms with Crippen LogP contribution in [-0.2, 0) is 12.8 Å². The van der Waals surface area contributed by atoms with E-state index in [4.69, 9.17) is 0 Å². The third-order valence-electron chi connectivity index (χ3n) is 3.26. The maximum atomic E-state index is 4.51. The van der Waals surface area contributed by atoms with Crippen LogP contribution >= 0.6 is 0 Å². The molecule has 0 fully saturated rings. The smallest absolute Gasteiger partial charge is 0.132 e. The second kappa shape index (κ2) is 13.8. The van der Waals surface area contributed by atoms with E-state index in [1.165, 1.54) is 49.7 Å². The van der Waals surface area contributed by atoms with Crippen molar-refractivity contribution in [1.82, 2.24) is 9.97 Å². The Morgan fingerprint density at radius 2 is 1.67 bits per heavy atom. The summed E-state index contributed by atoms with van der Waals surface area (Å²) in [5.41, 5.74) is 2.76. The summed E-state index contributed by atoms with van der Waals surface area (Å²) in [5.74, 6) is 0.969. The van der Waals surface area contributed by atoms with E-state index in [2.05, 4.69) is 36.8 Å². The fourth-order valence-electron chi connectivity index (χ4n) is 2.12. The number of aryl methyl sites for hydroxylation is 1. The monoisotopic (exact) mass is 290 g/mol. The number of hydrogen-bond acceptors (Lipinski definition) is 2. The van der Waals surface area contributed by atoms with Crippen molar-refractivity contribution in [2.45, 2.75) is 86.0 Å². The van der Waals surface area contributed by atoms with Gasteiger partial charge in [-0.1, -0.05) is 65.5 Å². The molecule has 1 aromatic heterocycles. The van der Waals surface area contributed by atoms with Crippen molar-refractivity contribution in [3.63, 3.8) is 0 Å². The first-order valence-corrected chi connectivity index (χ1v) is 8.77. The van der Waals surface area contributed by atoms with Crippen molar-refractivity contribution < 1.29 is 0 Å². The molecule has 120 valence electrons. The molecular formula is C19H34N2. The third kappa shape index (κ3) is 9.38. The Bertz CT molecular complexity index is 366. The van der Waals surface area contributed by atoms with Crippen molar-refractivity contribution in [3.05, 3.63) is 35.4 Å². The van der Waals surface area contributed by atoms with Crippen LogP contribution in [0, 0.1) is 0 Å². The van der Waals surface area contributed by atoms with Crippen LogP contribution in [-0.4, -0.2) is 9.97 Å². The molecular weight excluding hydrogens is 256 g/mol. The van der Waals surface area contributed by atoms with Crippen LogP contribution in [0.5, 0.6) is 0 Å². The summed E-state index contributed by atoms with van der Waals surface area (Å²) < 4.78 is 0. The van der Waals surface area contributed by atoms with Crippen LogP contribution in [0.1, 0.15) is 84.5 Å². The van der Waals surface area contributed by atoms with Crippen molar-refractivity contribution in [2.75, 3.05) is 0 Å². The largest absolute Gasteiger partial charge is 0.241 e. The normalized spacial score (nSPS) is 11.0. The average molecular weight is 290 g/mol. The summed E-state index contributed by atoms with van der Waals surface area (Å²) in [6.45, 7) is 10.7. The zero-order chi connectivity index (χ0) is 15.9. The van der Waals surface area contributed by atoms with E-state index >= 15 is 0 Å². The molecule has 0 aliphatic rings. The van der Waals surface area contributed by atoms with Gasteiger partial charge in [0.15, 0.2) is 0 Å². The summed E-state index contributed by atoms with van der Waals surface area (Å²) in [7, 11) is 0. The van der Waals surface area contributed by atoms with Crippen LogP contribution in [0.25, 0.3) is 0 Å². The number of aromatic nitrogens is 2. The molecule has 0 spiro atoms. The topological polar surface area (TPSA) is 25.8 Å². The van der Waals surface area contributed by atoms with Gasteiger partial charge in [0.25, 0.3) is 0 Å². The molecule has 0 bridgehead atoms. The van der Waals surface area contributed by atoms with Crippen LogP contribution < -0.4 is 0 Å². The number of rotatable bonds is 9. The molecule has 1 aromatic rings. The van der Waals surface area contributed by atoms with Crippen LogP contribution in [0.15, 0.2) is 24.0 Å². The quantitative estimate of drug-likeness (QED) is 0.528. The molecule has 0 N–H and O–H groups in total. The third-order valence-corrected chi connectivity index (χ3v) is 3.26. The van der Waals surface area contributed by atoms with Crippen molar-refractivity contribution in [1.29, 1.82) is 0 Å². The van der Waals surface area contributed by atoms with E-state index in [9.17, 15) is 0 Å². The number of hydrogen-bond donors (Lipinski definition) is 0. The van der Waals surface area contributed by atoms with Gasteiger partial charge in [0.1, 0.15) is 5.82 Å². The molecule has 0 saturated heterocycles. The molecule has 2 heteroatoms. The first-order chi connectivity index (χ1) is 10.3. The van der Waals surface area contributed by atoms with E-state index in [0.717, 1.165) is 18.7 Å². The Hall–Kier alpha value is -1.18. The van der Waals surface area contributed by atoms with Gasteiger partial charge in [-0.25, -0.2) is 9.97 Å². The summed E-state index contributed by atoms with van der Waals surface area (Å²) in [6, 6.07) is 0. The van der Waals surface area contributed by atoms with Gasteiger partial charge in [0.05, 0.1) is 0 Å². The Labute approximate surface area is 132 Å². The second-order valence-electron chi connectivity index (χ2n) is 5.19. The van der Waals surface area contributed by atoms with Crippen LogP contribution in [0.3, 0.4) is 0 Å². The molecule has 21 heavy (non-hydrogen) atoms. The summed E-state index contributed by atoms with van der Waals surface area (Å²) in [4.78, 5) is 9.02. The van der Waals surface area contributed by atoms with Crippen LogP contribution in [0.4, 0.5) is 0 Å². The summed E-state index contributed by atoms with van der Waals surface area (Å²) >= 11 is 0. The van der Waals surface area contributed by atoms with Gasteiger partial charge in [-0.3, -0.25) is 0 Å². The molecule has 1 heterocycles. The highest BCUT2D eigenvalue weighted by Gasteiger charge is 2.02. The van der Waals surface area contributed by atoms with E-state index in [1.54, 1.807) is 0 Å². The minimum absolute atomic E-state index is 0.919. The molecule has 0 aliphatic heterocycles. The van der Waals surface area contributed by atoms with Crippen LogP contribution in [0.2, 0.25) is 0 Å². The van der Waals surface area contributed by atoms with Crippen molar-refractivity contribution >= 4 is 0 Å². The Kier molecular flexibility index (Phi) is 13.0. The zero-order valence-electron chi connectivity index (χ0n) is 14.8. The first-order valence-electron chi connectivity index (χ1n) is 8.77. The van der Waals surface area contributed by atoms with Gasteiger partial charge < -0.3 is 0 Å². The van der Waals surface area contributed by atoms with E-state index < -0.39 is 0 Å². The van der Waals surface area contributed by atoms with Gasteiger partial charge in [-0.2, -0.15) is 0 Å². The van der Waals surface area contributed by atoms with Gasteiger partial charge in [0, 0.05) is 18.8 Å². The maximum Gasteiger partial charge on any atom is 0.132 e. The molecule has 0 saturated carbocycles. The fraction of sp³-hybridized carbons (Fsp3) is 0.684.